The molecule has 1 unspecified atom stereocenters. The van der Waals surface area contributed by atoms with Crippen LogP contribution in [0.2, 0.25) is 18.1 Å². The van der Waals surface area contributed by atoms with E-state index in [0.717, 1.165) is 35.9 Å². The second-order valence-corrected chi connectivity index (χ2v) is 14.0. The summed E-state index contributed by atoms with van der Waals surface area (Å²) in [5.41, 5.74) is 0. The Morgan fingerprint density at radius 3 is 2.26 bits per heavy atom. The van der Waals surface area contributed by atoms with Crippen molar-refractivity contribution in [2.24, 2.45) is 10.3 Å². The molecule has 3 nitrogen and oxygen atoms in total. The topological polar surface area (TPSA) is 38.7 Å². The fourth-order valence-electron chi connectivity index (χ4n) is 3.25. The maximum absolute atomic E-state index is 13.2. The summed E-state index contributed by atoms with van der Waals surface area (Å²) in [7, 11) is -2.61. The summed E-state index contributed by atoms with van der Waals surface area (Å²) < 4.78 is 24.2. The highest BCUT2D eigenvalue weighted by Crippen LogP contribution is 2.28. The number of allylic oxidation sites excluding steroid dienone is 1. The summed E-state index contributed by atoms with van der Waals surface area (Å²) in [5.74, 6) is 0.174. The average molecular weight is 408 g/mol. The first-order valence-electron chi connectivity index (χ1n) is 10.1. The molecule has 0 amide bonds. The second kappa shape index (κ2) is 11.6. The van der Waals surface area contributed by atoms with Crippen LogP contribution in [0.5, 0.6) is 0 Å². The molecule has 0 aliphatic heterocycles. The highest BCUT2D eigenvalue weighted by Gasteiger charge is 2.33. The monoisotopic (exact) mass is 407 g/mol. The predicted molar refractivity (Wildman–Crippen MR) is 121 cm³/mol. The van der Waals surface area contributed by atoms with Gasteiger partial charge in [-0.3, -0.25) is 0 Å². The summed E-state index contributed by atoms with van der Waals surface area (Å²) in [4.78, 5) is 0.749. The third kappa shape index (κ3) is 6.73. The Kier molecular flexibility index (Phi) is 10.3. The number of benzene rings is 1. The van der Waals surface area contributed by atoms with Gasteiger partial charge in [0, 0.05) is 12.5 Å². The van der Waals surface area contributed by atoms with Gasteiger partial charge in [0.05, 0.1) is 20.7 Å². The van der Waals surface area contributed by atoms with Crippen LogP contribution in [0, 0.1) is 5.92 Å². The van der Waals surface area contributed by atoms with Crippen molar-refractivity contribution in [2.75, 3.05) is 7.05 Å². The van der Waals surface area contributed by atoms with Gasteiger partial charge in [-0.1, -0.05) is 58.0 Å². The molecule has 0 fully saturated rings. The number of nitrogens with zero attached hydrogens (tertiary/aromatic N) is 1. The zero-order chi connectivity index (χ0) is 20.3. The van der Waals surface area contributed by atoms with Gasteiger partial charge in [-0.05, 0) is 49.0 Å². The molecule has 0 N–H and O–H groups in total. The molecular formula is C22H37NO2SSi. The highest BCUT2D eigenvalue weighted by molar-refractivity contribution is 7.96. The Labute approximate surface area is 168 Å². The maximum atomic E-state index is 13.2. The molecule has 0 aliphatic carbocycles. The van der Waals surface area contributed by atoms with Crippen molar-refractivity contribution in [2.45, 2.75) is 69.7 Å². The molecule has 0 heterocycles. The van der Waals surface area contributed by atoms with Crippen LogP contribution in [-0.2, 0) is 14.2 Å². The minimum absolute atomic E-state index is 0.127. The number of hydrogen-bond donors (Lipinski definition) is 0. The zero-order valence-corrected chi connectivity index (χ0v) is 19.5. The molecular weight excluding hydrogens is 370 g/mol. The lowest BCUT2D eigenvalue weighted by Crippen LogP contribution is -2.41. The molecule has 0 bridgehead atoms. The van der Waals surface area contributed by atoms with Gasteiger partial charge < -0.3 is 4.43 Å². The van der Waals surface area contributed by atoms with E-state index in [1.54, 1.807) is 12.5 Å². The van der Waals surface area contributed by atoms with E-state index in [4.69, 9.17) is 4.43 Å². The van der Waals surface area contributed by atoms with E-state index in [-0.39, 0.29) is 12.0 Å². The van der Waals surface area contributed by atoms with Gasteiger partial charge in [-0.2, -0.15) is 0 Å². The standard InChI is InChI=1S/C22H37NO2SSi/c1-7-11-17-22(25-27(8-2,9-3)10-4)20(5)18-19-26(24,23-6)21-15-13-12-14-16-21/h7,12-16,18-20,22H,1,8-11,17H2,2-6H3/b19-18-/t20-,22+,26?/m1/s1. The highest BCUT2D eigenvalue weighted by atomic mass is 32.2. The zero-order valence-electron chi connectivity index (χ0n) is 17.7. The minimum Gasteiger partial charge on any atom is -0.413 e. The van der Waals surface area contributed by atoms with Crippen LogP contribution < -0.4 is 0 Å². The first-order chi connectivity index (χ1) is 12.9. The van der Waals surface area contributed by atoms with Gasteiger partial charge >= 0.3 is 0 Å². The predicted octanol–water partition coefficient (Wildman–Crippen LogP) is 6.65. The van der Waals surface area contributed by atoms with E-state index in [9.17, 15) is 4.21 Å². The van der Waals surface area contributed by atoms with Crippen molar-refractivity contribution in [3.63, 3.8) is 0 Å². The SMILES string of the molecule is C=CCC[C@H](O[Si](CC)(CC)CC)[C@H](C)/C=C\S(=O)(=NC)c1ccccc1. The van der Waals surface area contributed by atoms with Gasteiger partial charge in [-0.15, -0.1) is 6.58 Å². The molecule has 0 aromatic heterocycles. The Bertz CT molecular complexity index is 696. The summed E-state index contributed by atoms with van der Waals surface area (Å²) >= 11 is 0. The van der Waals surface area contributed by atoms with Gasteiger partial charge in [0.25, 0.3) is 0 Å². The maximum Gasteiger partial charge on any atom is 0.192 e. The molecule has 0 radical (unpaired) electrons. The third-order valence-corrected chi connectivity index (χ3v) is 12.2. The summed E-state index contributed by atoms with van der Waals surface area (Å²) in [6.45, 7) is 12.8. The average Bonchev–Trinajstić information content (AvgIpc) is 2.73. The van der Waals surface area contributed by atoms with E-state index in [1.807, 2.05) is 42.5 Å². The van der Waals surface area contributed by atoms with Crippen molar-refractivity contribution in [3.05, 3.63) is 54.5 Å². The molecule has 1 aromatic rings. The van der Waals surface area contributed by atoms with Crippen molar-refractivity contribution in [3.8, 4) is 0 Å². The first-order valence-corrected chi connectivity index (χ1v) is 14.2. The summed E-state index contributed by atoms with van der Waals surface area (Å²) in [6.07, 6.45) is 5.99. The van der Waals surface area contributed by atoms with E-state index < -0.39 is 18.0 Å². The van der Waals surface area contributed by atoms with Gasteiger partial charge in [0.15, 0.2) is 8.32 Å². The number of rotatable bonds is 12. The van der Waals surface area contributed by atoms with Crippen LogP contribution in [0.3, 0.4) is 0 Å². The molecule has 5 heteroatoms. The molecule has 1 rings (SSSR count). The quantitative estimate of drug-likeness (QED) is 0.287. The lowest BCUT2D eigenvalue weighted by molar-refractivity contribution is 0.142. The van der Waals surface area contributed by atoms with E-state index >= 15 is 0 Å². The summed E-state index contributed by atoms with van der Waals surface area (Å²) in [5, 5.41) is 1.78. The molecule has 152 valence electrons. The van der Waals surface area contributed by atoms with Crippen molar-refractivity contribution < 1.29 is 8.63 Å². The fourth-order valence-corrected chi connectivity index (χ4v) is 7.72. The van der Waals surface area contributed by atoms with Crippen molar-refractivity contribution in [1.29, 1.82) is 0 Å². The van der Waals surface area contributed by atoms with Gasteiger partial charge in [-0.25, -0.2) is 8.57 Å². The van der Waals surface area contributed by atoms with E-state index in [2.05, 4.69) is 38.6 Å². The fraction of sp³-hybridized carbons (Fsp3) is 0.545. The molecule has 3 atom stereocenters. The first kappa shape index (κ1) is 23.9. The molecule has 0 saturated heterocycles. The molecule has 0 aliphatic rings. The van der Waals surface area contributed by atoms with Crippen LogP contribution in [-0.4, -0.2) is 25.7 Å². The van der Waals surface area contributed by atoms with Crippen LogP contribution in [0.25, 0.3) is 0 Å². The summed E-state index contributed by atoms with van der Waals surface area (Å²) in [6, 6.07) is 12.9. The largest absolute Gasteiger partial charge is 0.413 e. The van der Waals surface area contributed by atoms with Crippen molar-refractivity contribution in [1.82, 2.24) is 0 Å². The second-order valence-electron chi connectivity index (χ2n) is 7.02. The molecule has 27 heavy (non-hydrogen) atoms. The normalized spacial score (nSPS) is 16.6. The van der Waals surface area contributed by atoms with Crippen LogP contribution in [0.1, 0.15) is 40.5 Å². The van der Waals surface area contributed by atoms with Gasteiger partial charge in [0.1, 0.15) is 0 Å². The van der Waals surface area contributed by atoms with E-state index in [0.29, 0.717) is 0 Å². The third-order valence-electron chi connectivity index (χ3n) is 5.49. The Morgan fingerprint density at radius 1 is 1.19 bits per heavy atom. The lowest BCUT2D eigenvalue weighted by Gasteiger charge is -2.35. The van der Waals surface area contributed by atoms with Gasteiger partial charge in [0.2, 0.25) is 0 Å². The smallest absolute Gasteiger partial charge is 0.192 e. The Hall–Kier alpha value is -1.17. The van der Waals surface area contributed by atoms with Crippen molar-refractivity contribution >= 4 is 18.0 Å². The molecule has 0 saturated carbocycles. The van der Waals surface area contributed by atoms with E-state index in [1.165, 1.54) is 0 Å². The minimum atomic E-state index is -2.54. The molecule has 0 spiro atoms. The van der Waals surface area contributed by atoms with Crippen LogP contribution >= 0.6 is 0 Å². The van der Waals surface area contributed by atoms with Crippen LogP contribution in [0.15, 0.2) is 63.7 Å². The number of hydrogen-bond acceptors (Lipinski definition) is 3. The molecule has 1 aromatic carbocycles. The Balaban J connectivity index is 3.07. The Morgan fingerprint density at radius 2 is 1.78 bits per heavy atom. The lowest BCUT2D eigenvalue weighted by atomic mass is 10.0. The van der Waals surface area contributed by atoms with Crippen LogP contribution in [0.4, 0.5) is 0 Å².